The van der Waals surface area contributed by atoms with Crippen LogP contribution in [0.15, 0.2) is 82.6 Å². The third-order valence-corrected chi connectivity index (χ3v) is 12.4. The molecule has 4 aromatic carbocycles. The Balaban J connectivity index is 1.47. The molecule has 0 saturated heterocycles. The van der Waals surface area contributed by atoms with Crippen LogP contribution in [0.1, 0.15) is 73.6 Å². The zero-order valence-electron chi connectivity index (χ0n) is 27.5. The molecule has 46 heavy (non-hydrogen) atoms. The topological polar surface area (TPSA) is 54.5 Å². The molecule has 0 unspecified atom stereocenters. The molecule has 232 valence electrons. The van der Waals surface area contributed by atoms with Crippen LogP contribution >= 0.6 is 11.3 Å². The van der Waals surface area contributed by atoms with E-state index in [0.717, 1.165) is 26.8 Å². The van der Waals surface area contributed by atoms with Crippen LogP contribution in [0, 0.1) is 41.5 Å². The maximum atomic E-state index is 13.5. The summed E-state index contributed by atoms with van der Waals surface area (Å²) in [6.45, 7) is 17.4. The highest BCUT2D eigenvalue weighted by molar-refractivity contribution is 7.97. The van der Waals surface area contributed by atoms with Crippen LogP contribution in [-0.4, -0.2) is 14.2 Å². The molecule has 7 rings (SSSR count). The van der Waals surface area contributed by atoms with Gasteiger partial charge in [0.05, 0.1) is 16.3 Å². The fourth-order valence-electron chi connectivity index (χ4n) is 7.64. The number of allylic oxidation sites excluding steroid dienone is 1. The van der Waals surface area contributed by atoms with Gasteiger partial charge in [0, 0.05) is 15.9 Å². The quantitative estimate of drug-likeness (QED) is 0.184. The Hall–Kier alpha value is -4.26. The lowest BCUT2D eigenvalue weighted by Gasteiger charge is -2.41. The molecular weight excluding hydrogens is 607 g/mol. The number of benzene rings is 4. The minimum Gasteiger partial charge on any atom is -0.301 e. The van der Waals surface area contributed by atoms with Crippen LogP contribution in [0.25, 0.3) is 17.2 Å². The van der Waals surface area contributed by atoms with Crippen LogP contribution in [0.4, 0.5) is 16.4 Å². The van der Waals surface area contributed by atoms with Crippen LogP contribution < -0.4 is 4.90 Å². The largest absolute Gasteiger partial charge is 0.301 e. The van der Waals surface area contributed by atoms with E-state index in [1.54, 1.807) is 24.3 Å². The van der Waals surface area contributed by atoms with Gasteiger partial charge in [-0.15, -0.1) is 11.3 Å². The Bertz CT molecular complexity index is 2240. The molecule has 2 aliphatic heterocycles. The number of aryl methyl sites for hydroxylation is 6. The molecule has 0 amide bonds. The van der Waals surface area contributed by atoms with E-state index in [2.05, 4.69) is 109 Å². The number of hydrogen-bond donors (Lipinski definition) is 0. The second-order valence-corrected chi connectivity index (χ2v) is 16.4. The number of anilines is 3. The molecule has 0 N–H and O–H groups in total. The number of sulfone groups is 1. The predicted molar refractivity (Wildman–Crippen MR) is 191 cm³/mol. The van der Waals surface area contributed by atoms with Gasteiger partial charge in [0.15, 0.2) is 0 Å². The SMILES string of the molecule is Cc1cc(C)c(-c2ccc3c(c2)C(C)(C)c2cc(/C=C4\C(=O)c5ccccc5S4(=O)=O)sc2N3c2c(C)cc(C)cc2C)c(C)c1. The van der Waals surface area contributed by atoms with E-state index in [4.69, 9.17) is 0 Å². The molecule has 5 aromatic rings. The maximum Gasteiger partial charge on any atom is 0.211 e. The van der Waals surface area contributed by atoms with Crippen LogP contribution in [-0.2, 0) is 15.3 Å². The minimum atomic E-state index is -3.90. The lowest BCUT2D eigenvalue weighted by Crippen LogP contribution is -2.30. The molecule has 0 aliphatic carbocycles. The number of carbonyl (C=O) groups excluding carboxylic acids is 1. The van der Waals surface area contributed by atoms with Gasteiger partial charge < -0.3 is 4.90 Å². The highest BCUT2D eigenvalue weighted by atomic mass is 32.2. The third-order valence-electron chi connectivity index (χ3n) is 9.55. The fraction of sp³-hybridized carbons (Fsp3) is 0.225. The molecule has 0 radical (unpaired) electrons. The molecule has 2 aliphatic rings. The summed E-state index contributed by atoms with van der Waals surface area (Å²) >= 11 is 1.53. The van der Waals surface area contributed by atoms with E-state index >= 15 is 0 Å². The Morgan fingerprint density at radius 3 is 1.98 bits per heavy atom. The zero-order chi connectivity index (χ0) is 32.9. The molecule has 6 heteroatoms. The van der Waals surface area contributed by atoms with Gasteiger partial charge in [-0.05, 0) is 122 Å². The van der Waals surface area contributed by atoms with E-state index < -0.39 is 21.0 Å². The average molecular weight is 644 g/mol. The standard InChI is InChI=1S/C40H37NO3S2/c1-22-15-24(3)36(25(4)16-22)28-13-14-33-31(19-28)40(7,8)32-20-29(21-35-38(42)30-11-9-10-12-34(30)46(35,43)44)45-39(32)41(33)37-26(5)17-23(2)18-27(37)6/h9-21H,1-8H3/b35-21+. The summed E-state index contributed by atoms with van der Waals surface area (Å²) in [7, 11) is -3.90. The van der Waals surface area contributed by atoms with Crippen molar-refractivity contribution in [3.63, 3.8) is 0 Å². The number of nitrogens with zero attached hydrogens (tertiary/aromatic N) is 1. The first kappa shape index (κ1) is 30.4. The van der Waals surface area contributed by atoms with Crippen molar-refractivity contribution in [3.8, 4) is 11.1 Å². The van der Waals surface area contributed by atoms with Gasteiger partial charge in [-0.3, -0.25) is 4.79 Å². The number of Topliss-reactive ketones (excluding diaryl/α,β-unsaturated/α-hetero) is 1. The van der Waals surface area contributed by atoms with Crippen LogP contribution in [0.2, 0.25) is 0 Å². The first-order valence-electron chi connectivity index (χ1n) is 15.6. The molecular formula is C40H37NO3S2. The number of rotatable bonds is 3. The second-order valence-electron chi connectivity index (χ2n) is 13.4. The maximum absolute atomic E-state index is 13.5. The van der Waals surface area contributed by atoms with Crippen molar-refractivity contribution >= 4 is 49.4 Å². The molecule has 0 fully saturated rings. The van der Waals surface area contributed by atoms with Crippen LogP contribution in [0.3, 0.4) is 0 Å². The third kappa shape index (κ3) is 4.45. The summed E-state index contributed by atoms with van der Waals surface area (Å²) in [5.41, 5.74) is 14.1. The number of ketones is 1. The van der Waals surface area contributed by atoms with Crippen molar-refractivity contribution in [3.05, 3.63) is 133 Å². The Kier molecular flexibility index (Phi) is 6.86. The fourth-order valence-corrected chi connectivity index (χ4v) is 10.6. The summed E-state index contributed by atoms with van der Waals surface area (Å²) in [6, 6.07) is 24.3. The summed E-state index contributed by atoms with van der Waals surface area (Å²) in [4.78, 5) is 16.4. The Morgan fingerprint density at radius 1 is 0.739 bits per heavy atom. The van der Waals surface area contributed by atoms with Gasteiger partial charge >= 0.3 is 0 Å². The molecule has 0 atom stereocenters. The molecule has 0 bridgehead atoms. The lowest BCUT2D eigenvalue weighted by molar-refractivity contribution is 0.104. The summed E-state index contributed by atoms with van der Waals surface area (Å²) < 4.78 is 27.0. The monoisotopic (exact) mass is 643 g/mol. The smallest absolute Gasteiger partial charge is 0.211 e. The predicted octanol–water partition coefficient (Wildman–Crippen LogP) is 10.4. The zero-order valence-corrected chi connectivity index (χ0v) is 29.1. The van der Waals surface area contributed by atoms with Gasteiger partial charge in [-0.1, -0.05) is 67.4 Å². The van der Waals surface area contributed by atoms with E-state index in [1.165, 1.54) is 67.5 Å². The van der Waals surface area contributed by atoms with Gasteiger partial charge in [0.1, 0.15) is 9.91 Å². The molecule has 3 heterocycles. The van der Waals surface area contributed by atoms with Crippen molar-refractivity contribution < 1.29 is 13.2 Å². The minimum absolute atomic E-state index is 0.0852. The normalized spacial score (nSPS) is 16.8. The highest BCUT2D eigenvalue weighted by Crippen LogP contribution is 2.57. The summed E-state index contributed by atoms with van der Waals surface area (Å²) in [5.74, 6) is -0.444. The molecule has 4 nitrogen and oxygen atoms in total. The molecule has 1 aromatic heterocycles. The Morgan fingerprint density at radius 2 is 1.35 bits per heavy atom. The molecule has 0 spiro atoms. The van der Waals surface area contributed by atoms with Crippen molar-refractivity contribution in [2.75, 3.05) is 4.90 Å². The van der Waals surface area contributed by atoms with E-state index in [1.807, 2.05) is 0 Å². The van der Waals surface area contributed by atoms with E-state index in [0.29, 0.717) is 0 Å². The van der Waals surface area contributed by atoms with Crippen molar-refractivity contribution in [1.29, 1.82) is 0 Å². The van der Waals surface area contributed by atoms with Gasteiger partial charge in [-0.25, -0.2) is 8.42 Å². The Labute approximate surface area is 276 Å². The van der Waals surface area contributed by atoms with Crippen molar-refractivity contribution in [1.82, 2.24) is 0 Å². The second kappa shape index (κ2) is 10.4. The van der Waals surface area contributed by atoms with Crippen LogP contribution in [0.5, 0.6) is 0 Å². The highest BCUT2D eigenvalue weighted by Gasteiger charge is 2.42. The van der Waals surface area contributed by atoms with Crippen molar-refractivity contribution in [2.24, 2.45) is 0 Å². The molecule has 0 saturated carbocycles. The number of hydrogen-bond acceptors (Lipinski definition) is 5. The number of thiophene rings is 1. The average Bonchev–Trinajstić information content (AvgIpc) is 3.48. The number of carbonyl (C=O) groups is 1. The first-order valence-corrected chi connectivity index (χ1v) is 17.9. The van der Waals surface area contributed by atoms with Gasteiger partial charge in [0.2, 0.25) is 15.6 Å². The van der Waals surface area contributed by atoms with Gasteiger partial charge in [-0.2, -0.15) is 0 Å². The lowest BCUT2D eigenvalue weighted by atomic mass is 9.74. The summed E-state index contributed by atoms with van der Waals surface area (Å²) in [6.07, 6.45) is 1.58. The van der Waals surface area contributed by atoms with E-state index in [9.17, 15) is 13.2 Å². The van der Waals surface area contributed by atoms with E-state index in [-0.39, 0.29) is 15.4 Å². The van der Waals surface area contributed by atoms with Crippen molar-refractivity contribution in [2.45, 2.75) is 65.7 Å². The van der Waals surface area contributed by atoms with Gasteiger partial charge in [0.25, 0.3) is 0 Å². The summed E-state index contributed by atoms with van der Waals surface area (Å²) in [5, 5.41) is 1.04. The first-order chi connectivity index (χ1) is 21.7. The number of fused-ring (bicyclic) bond motifs is 3.